The fourth-order valence-electron chi connectivity index (χ4n) is 1.61. The molecule has 0 atom stereocenters. The van der Waals surface area contributed by atoms with Gasteiger partial charge in [-0.15, -0.1) is 5.10 Å². The van der Waals surface area contributed by atoms with E-state index in [1.54, 1.807) is 12.1 Å². The molecule has 0 spiro atoms. The quantitative estimate of drug-likeness (QED) is 0.850. The van der Waals surface area contributed by atoms with Crippen LogP contribution in [0.4, 0.5) is 4.39 Å². The van der Waals surface area contributed by atoms with Crippen molar-refractivity contribution in [1.29, 1.82) is 0 Å². The topological polar surface area (TPSA) is 43.6 Å². The Hall–Kier alpha value is -1.30. The van der Waals surface area contributed by atoms with Gasteiger partial charge in [-0.25, -0.2) is 4.39 Å². The van der Waals surface area contributed by atoms with E-state index in [0.29, 0.717) is 16.1 Å². The Kier molecular flexibility index (Phi) is 2.24. The van der Waals surface area contributed by atoms with Crippen LogP contribution in [-0.4, -0.2) is 20.2 Å². The van der Waals surface area contributed by atoms with Crippen molar-refractivity contribution in [2.75, 3.05) is 0 Å². The SMILES string of the molecule is Fc1cc(Br)ccc1-n1nnnc1C1CC1. The first-order valence-corrected chi connectivity index (χ1v) is 5.78. The van der Waals surface area contributed by atoms with Gasteiger partial charge in [0.15, 0.2) is 5.82 Å². The van der Waals surface area contributed by atoms with Crippen molar-refractivity contribution in [2.24, 2.45) is 0 Å². The molecular weight excluding hydrogens is 275 g/mol. The molecule has 16 heavy (non-hydrogen) atoms. The van der Waals surface area contributed by atoms with Crippen LogP contribution >= 0.6 is 15.9 Å². The summed E-state index contributed by atoms with van der Waals surface area (Å²) in [5, 5.41) is 11.4. The van der Waals surface area contributed by atoms with Crippen molar-refractivity contribution < 1.29 is 4.39 Å². The van der Waals surface area contributed by atoms with Crippen LogP contribution in [0, 0.1) is 5.82 Å². The van der Waals surface area contributed by atoms with Gasteiger partial charge in [-0.2, -0.15) is 4.68 Å². The lowest BCUT2D eigenvalue weighted by Crippen LogP contribution is -2.04. The van der Waals surface area contributed by atoms with Gasteiger partial charge in [-0.3, -0.25) is 0 Å². The highest BCUT2D eigenvalue weighted by atomic mass is 79.9. The third kappa shape index (κ3) is 1.63. The number of benzene rings is 1. The maximum absolute atomic E-state index is 13.7. The average molecular weight is 283 g/mol. The van der Waals surface area contributed by atoms with Crippen molar-refractivity contribution >= 4 is 15.9 Å². The van der Waals surface area contributed by atoms with Crippen molar-refractivity contribution in [3.8, 4) is 5.69 Å². The number of aromatic nitrogens is 4. The maximum atomic E-state index is 13.7. The molecule has 1 aromatic heterocycles. The summed E-state index contributed by atoms with van der Waals surface area (Å²) >= 11 is 3.22. The first kappa shape index (κ1) is 9.89. The zero-order valence-corrected chi connectivity index (χ0v) is 9.85. The molecule has 2 aromatic rings. The second-order valence-corrected chi connectivity index (χ2v) is 4.73. The van der Waals surface area contributed by atoms with Crippen molar-refractivity contribution in [3.05, 3.63) is 34.3 Å². The van der Waals surface area contributed by atoms with Crippen LogP contribution < -0.4 is 0 Å². The summed E-state index contributed by atoms with van der Waals surface area (Å²) in [5.74, 6) is 0.808. The largest absolute Gasteiger partial charge is 0.205 e. The summed E-state index contributed by atoms with van der Waals surface area (Å²) in [6.07, 6.45) is 2.16. The van der Waals surface area contributed by atoms with E-state index in [0.717, 1.165) is 18.7 Å². The van der Waals surface area contributed by atoms with E-state index in [9.17, 15) is 4.39 Å². The Morgan fingerprint density at radius 1 is 1.38 bits per heavy atom. The van der Waals surface area contributed by atoms with Crippen LogP contribution in [-0.2, 0) is 0 Å². The highest BCUT2D eigenvalue weighted by molar-refractivity contribution is 9.10. The molecule has 1 heterocycles. The van der Waals surface area contributed by atoms with Gasteiger partial charge in [0.2, 0.25) is 0 Å². The molecule has 0 bridgehead atoms. The van der Waals surface area contributed by atoms with E-state index in [4.69, 9.17) is 0 Å². The molecule has 1 aliphatic rings. The molecule has 0 N–H and O–H groups in total. The standard InChI is InChI=1S/C10H8BrFN4/c11-7-3-4-9(8(12)5-7)16-10(6-1-2-6)13-14-15-16/h3-6H,1-2H2. The van der Waals surface area contributed by atoms with E-state index in [-0.39, 0.29) is 5.82 Å². The smallest absolute Gasteiger partial charge is 0.159 e. The van der Waals surface area contributed by atoms with Crippen molar-refractivity contribution in [1.82, 2.24) is 20.2 Å². The third-order valence-electron chi connectivity index (χ3n) is 2.57. The number of hydrogen-bond acceptors (Lipinski definition) is 3. The minimum Gasteiger partial charge on any atom is -0.205 e. The van der Waals surface area contributed by atoms with Crippen LogP contribution in [0.2, 0.25) is 0 Å². The lowest BCUT2D eigenvalue weighted by molar-refractivity contribution is 0.601. The predicted molar refractivity (Wildman–Crippen MR) is 58.8 cm³/mol. The molecule has 3 rings (SSSR count). The van der Waals surface area contributed by atoms with Crippen LogP contribution in [0.1, 0.15) is 24.6 Å². The summed E-state index contributed by atoms with van der Waals surface area (Å²) in [4.78, 5) is 0. The Morgan fingerprint density at radius 2 is 2.19 bits per heavy atom. The van der Waals surface area contributed by atoms with Gasteiger partial charge < -0.3 is 0 Å². The lowest BCUT2D eigenvalue weighted by atomic mass is 10.3. The molecule has 0 unspecified atom stereocenters. The predicted octanol–water partition coefficient (Wildman–Crippen LogP) is 2.44. The average Bonchev–Trinajstić information content (AvgIpc) is 2.98. The normalized spacial score (nSPS) is 15.4. The first-order valence-electron chi connectivity index (χ1n) is 4.99. The Morgan fingerprint density at radius 3 is 2.88 bits per heavy atom. The summed E-state index contributed by atoms with van der Waals surface area (Å²) < 4.78 is 15.9. The van der Waals surface area contributed by atoms with Gasteiger partial charge in [0.1, 0.15) is 11.5 Å². The second-order valence-electron chi connectivity index (χ2n) is 3.82. The summed E-state index contributed by atoms with van der Waals surface area (Å²) in [5.41, 5.74) is 0.398. The third-order valence-corrected chi connectivity index (χ3v) is 3.07. The van der Waals surface area contributed by atoms with Crippen LogP contribution in [0.25, 0.3) is 5.69 Å². The molecule has 4 nitrogen and oxygen atoms in total. The van der Waals surface area contributed by atoms with Gasteiger partial charge in [0.25, 0.3) is 0 Å². The second kappa shape index (κ2) is 3.62. The molecule has 1 fully saturated rings. The molecule has 6 heteroatoms. The number of halogens is 2. The summed E-state index contributed by atoms with van der Waals surface area (Å²) in [6, 6.07) is 4.85. The molecule has 1 aliphatic carbocycles. The van der Waals surface area contributed by atoms with E-state index < -0.39 is 0 Å². The lowest BCUT2D eigenvalue weighted by Gasteiger charge is -2.04. The Bertz CT molecular complexity index is 535. The van der Waals surface area contributed by atoms with E-state index in [2.05, 4.69) is 31.5 Å². The van der Waals surface area contributed by atoms with Crippen molar-refractivity contribution in [2.45, 2.75) is 18.8 Å². The van der Waals surface area contributed by atoms with Gasteiger partial charge in [0, 0.05) is 10.4 Å². The molecule has 0 radical (unpaired) electrons. The highest BCUT2D eigenvalue weighted by Gasteiger charge is 2.30. The van der Waals surface area contributed by atoms with Crippen LogP contribution in [0.3, 0.4) is 0 Å². The Balaban J connectivity index is 2.10. The van der Waals surface area contributed by atoms with Crippen LogP contribution in [0.5, 0.6) is 0 Å². The first-order chi connectivity index (χ1) is 7.75. The van der Waals surface area contributed by atoms with E-state index >= 15 is 0 Å². The zero-order valence-electron chi connectivity index (χ0n) is 8.27. The number of nitrogens with zero attached hydrogens (tertiary/aromatic N) is 4. The van der Waals surface area contributed by atoms with Crippen molar-refractivity contribution in [3.63, 3.8) is 0 Å². The fourth-order valence-corrected chi connectivity index (χ4v) is 1.95. The molecule has 1 saturated carbocycles. The highest BCUT2D eigenvalue weighted by Crippen LogP contribution is 2.39. The minimum atomic E-state index is -0.330. The summed E-state index contributed by atoms with van der Waals surface area (Å²) in [7, 11) is 0. The van der Waals surface area contributed by atoms with E-state index in [1.807, 2.05) is 0 Å². The monoisotopic (exact) mass is 282 g/mol. The maximum Gasteiger partial charge on any atom is 0.159 e. The zero-order chi connectivity index (χ0) is 11.1. The molecule has 0 saturated heterocycles. The molecule has 82 valence electrons. The molecule has 0 amide bonds. The summed E-state index contributed by atoms with van der Waals surface area (Å²) in [6.45, 7) is 0. The minimum absolute atomic E-state index is 0.330. The molecule has 0 aliphatic heterocycles. The van der Waals surface area contributed by atoms with Crippen LogP contribution in [0.15, 0.2) is 22.7 Å². The number of hydrogen-bond donors (Lipinski definition) is 0. The van der Waals surface area contributed by atoms with Gasteiger partial charge >= 0.3 is 0 Å². The van der Waals surface area contributed by atoms with Gasteiger partial charge in [0.05, 0.1) is 0 Å². The Labute approximate surface area is 99.6 Å². The number of tetrazole rings is 1. The van der Waals surface area contributed by atoms with Gasteiger partial charge in [-0.05, 0) is 41.5 Å². The fraction of sp³-hybridized carbons (Fsp3) is 0.300. The molecule has 1 aromatic carbocycles. The van der Waals surface area contributed by atoms with Gasteiger partial charge in [-0.1, -0.05) is 15.9 Å². The molecular formula is C10H8BrFN4. The van der Waals surface area contributed by atoms with E-state index in [1.165, 1.54) is 10.7 Å². The number of rotatable bonds is 2.